The van der Waals surface area contributed by atoms with Crippen LogP contribution in [0.2, 0.25) is 0 Å². The first-order valence-electron chi connectivity index (χ1n) is 6.48. The highest BCUT2D eigenvalue weighted by molar-refractivity contribution is 6.04. The van der Waals surface area contributed by atoms with Gasteiger partial charge in [0.1, 0.15) is 0 Å². The molecule has 6 heteroatoms. The van der Waals surface area contributed by atoms with E-state index in [0.29, 0.717) is 16.9 Å². The highest BCUT2D eigenvalue weighted by Gasteiger charge is 2.07. The van der Waals surface area contributed by atoms with Gasteiger partial charge in [0.25, 0.3) is 5.91 Å². The van der Waals surface area contributed by atoms with E-state index in [4.69, 9.17) is 5.11 Å². The molecule has 2 rings (SSSR count). The van der Waals surface area contributed by atoms with Crippen molar-refractivity contribution in [3.63, 3.8) is 0 Å². The number of amides is 2. The molecule has 0 aliphatic carbocycles. The van der Waals surface area contributed by atoms with Crippen LogP contribution in [-0.4, -0.2) is 22.9 Å². The molecule has 0 aliphatic rings. The fraction of sp³-hybridized carbons (Fsp3) is 0.0625. The predicted octanol–water partition coefficient (Wildman–Crippen LogP) is 2.60. The number of benzene rings is 2. The number of hydrogen-bond acceptors (Lipinski definition) is 3. The maximum absolute atomic E-state index is 12.1. The van der Waals surface area contributed by atoms with Gasteiger partial charge in [-0.3, -0.25) is 9.59 Å². The molecule has 0 saturated carbocycles. The molecule has 0 spiro atoms. The number of carboxylic acid groups (broad SMARTS) is 1. The van der Waals surface area contributed by atoms with Gasteiger partial charge < -0.3 is 15.7 Å². The Bertz CT molecular complexity index is 706. The molecule has 6 nitrogen and oxygen atoms in total. The summed E-state index contributed by atoms with van der Waals surface area (Å²) in [5.74, 6) is -1.53. The minimum Gasteiger partial charge on any atom is -0.478 e. The lowest BCUT2D eigenvalue weighted by molar-refractivity contribution is -0.114. The van der Waals surface area contributed by atoms with Gasteiger partial charge in [-0.2, -0.15) is 0 Å². The molecule has 2 aromatic rings. The Kier molecular flexibility index (Phi) is 4.53. The number of carbonyl (C=O) groups excluding carboxylic acids is 2. The van der Waals surface area contributed by atoms with Crippen LogP contribution in [0.5, 0.6) is 0 Å². The summed E-state index contributed by atoms with van der Waals surface area (Å²) in [6, 6.07) is 12.3. The van der Waals surface area contributed by atoms with Gasteiger partial charge in [-0.15, -0.1) is 0 Å². The number of aromatic carboxylic acids is 1. The molecular weight excluding hydrogens is 284 g/mol. The van der Waals surface area contributed by atoms with Crippen LogP contribution >= 0.6 is 0 Å². The first-order chi connectivity index (χ1) is 10.5. The molecule has 3 N–H and O–H groups in total. The van der Waals surface area contributed by atoms with E-state index in [-0.39, 0.29) is 17.4 Å². The zero-order valence-corrected chi connectivity index (χ0v) is 11.8. The van der Waals surface area contributed by atoms with E-state index in [2.05, 4.69) is 10.6 Å². The van der Waals surface area contributed by atoms with Crippen LogP contribution in [0.4, 0.5) is 11.4 Å². The molecule has 0 fully saturated rings. The standard InChI is InChI=1S/C16H14N2O4/c1-10(19)17-13-6-2-11(3-7-13)15(20)18-14-8-4-12(5-9-14)16(21)22/h2-9H,1H3,(H,17,19)(H,18,20)(H,21,22). The number of carbonyl (C=O) groups is 3. The summed E-state index contributed by atoms with van der Waals surface area (Å²) in [5.41, 5.74) is 1.69. The van der Waals surface area contributed by atoms with Gasteiger partial charge in [0.15, 0.2) is 0 Å². The van der Waals surface area contributed by atoms with Crippen LogP contribution in [0, 0.1) is 0 Å². The summed E-state index contributed by atoms with van der Waals surface area (Å²) in [7, 11) is 0. The van der Waals surface area contributed by atoms with E-state index in [0.717, 1.165) is 0 Å². The van der Waals surface area contributed by atoms with E-state index < -0.39 is 5.97 Å². The third-order valence-corrected chi connectivity index (χ3v) is 2.86. The average molecular weight is 298 g/mol. The third kappa shape index (κ3) is 3.92. The molecule has 112 valence electrons. The lowest BCUT2D eigenvalue weighted by atomic mass is 10.1. The van der Waals surface area contributed by atoms with Crippen molar-refractivity contribution in [1.82, 2.24) is 0 Å². The largest absolute Gasteiger partial charge is 0.478 e. The fourth-order valence-electron chi connectivity index (χ4n) is 1.81. The highest BCUT2D eigenvalue weighted by atomic mass is 16.4. The minimum absolute atomic E-state index is 0.151. The van der Waals surface area contributed by atoms with Gasteiger partial charge in [-0.25, -0.2) is 4.79 Å². The summed E-state index contributed by atoms with van der Waals surface area (Å²) >= 11 is 0. The van der Waals surface area contributed by atoms with E-state index in [1.54, 1.807) is 24.3 Å². The highest BCUT2D eigenvalue weighted by Crippen LogP contribution is 2.13. The number of hydrogen-bond donors (Lipinski definition) is 3. The van der Waals surface area contributed by atoms with E-state index in [1.807, 2.05) is 0 Å². The van der Waals surface area contributed by atoms with Crippen LogP contribution in [-0.2, 0) is 4.79 Å². The van der Waals surface area contributed by atoms with Crippen molar-refractivity contribution in [2.45, 2.75) is 6.92 Å². The van der Waals surface area contributed by atoms with Crippen molar-refractivity contribution < 1.29 is 19.5 Å². The molecule has 0 aliphatic heterocycles. The Morgan fingerprint density at radius 3 is 1.68 bits per heavy atom. The van der Waals surface area contributed by atoms with Crippen molar-refractivity contribution in [2.24, 2.45) is 0 Å². The van der Waals surface area contributed by atoms with Crippen LogP contribution in [0.25, 0.3) is 0 Å². The van der Waals surface area contributed by atoms with Crippen LogP contribution in [0.1, 0.15) is 27.6 Å². The monoisotopic (exact) mass is 298 g/mol. The molecule has 0 bridgehead atoms. The Morgan fingerprint density at radius 1 is 0.773 bits per heavy atom. The van der Waals surface area contributed by atoms with Gasteiger partial charge in [-0.1, -0.05) is 0 Å². The van der Waals surface area contributed by atoms with E-state index in [1.165, 1.54) is 31.2 Å². The topological polar surface area (TPSA) is 95.5 Å². The second kappa shape index (κ2) is 6.53. The van der Waals surface area contributed by atoms with Gasteiger partial charge >= 0.3 is 5.97 Å². The summed E-state index contributed by atoms with van der Waals surface area (Å²) in [6.45, 7) is 1.40. The number of rotatable bonds is 4. The normalized spacial score (nSPS) is 9.86. The summed E-state index contributed by atoms with van der Waals surface area (Å²) in [6.07, 6.45) is 0. The van der Waals surface area contributed by atoms with Gasteiger partial charge in [0, 0.05) is 23.9 Å². The average Bonchev–Trinajstić information content (AvgIpc) is 2.48. The number of anilines is 2. The molecule has 0 heterocycles. The van der Waals surface area contributed by atoms with Crippen LogP contribution in [0.3, 0.4) is 0 Å². The van der Waals surface area contributed by atoms with Crippen molar-refractivity contribution in [3.05, 3.63) is 59.7 Å². The Morgan fingerprint density at radius 2 is 1.23 bits per heavy atom. The van der Waals surface area contributed by atoms with Crippen molar-refractivity contribution in [3.8, 4) is 0 Å². The second-order valence-corrected chi connectivity index (χ2v) is 4.60. The zero-order valence-electron chi connectivity index (χ0n) is 11.8. The zero-order chi connectivity index (χ0) is 16.1. The van der Waals surface area contributed by atoms with Crippen LogP contribution in [0.15, 0.2) is 48.5 Å². The van der Waals surface area contributed by atoms with E-state index in [9.17, 15) is 14.4 Å². The Hall–Kier alpha value is -3.15. The molecule has 0 unspecified atom stereocenters. The molecule has 22 heavy (non-hydrogen) atoms. The second-order valence-electron chi connectivity index (χ2n) is 4.60. The predicted molar refractivity (Wildman–Crippen MR) is 82.1 cm³/mol. The molecule has 0 radical (unpaired) electrons. The fourth-order valence-corrected chi connectivity index (χ4v) is 1.81. The molecule has 2 amide bonds. The third-order valence-electron chi connectivity index (χ3n) is 2.86. The molecule has 0 aromatic heterocycles. The number of nitrogens with one attached hydrogen (secondary N) is 2. The first-order valence-corrected chi connectivity index (χ1v) is 6.48. The van der Waals surface area contributed by atoms with Gasteiger partial charge in [0.2, 0.25) is 5.91 Å². The summed E-state index contributed by atoms with van der Waals surface area (Å²) in [5, 5.41) is 14.1. The maximum atomic E-state index is 12.1. The van der Waals surface area contributed by atoms with Crippen molar-refractivity contribution in [1.29, 1.82) is 0 Å². The Balaban J connectivity index is 2.05. The van der Waals surface area contributed by atoms with Crippen LogP contribution < -0.4 is 10.6 Å². The van der Waals surface area contributed by atoms with E-state index >= 15 is 0 Å². The summed E-state index contributed by atoms with van der Waals surface area (Å²) < 4.78 is 0. The molecular formula is C16H14N2O4. The summed E-state index contributed by atoms with van der Waals surface area (Å²) in [4.78, 5) is 33.7. The first kappa shape index (κ1) is 15.2. The quantitative estimate of drug-likeness (QED) is 0.808. The lowest BCUT2D eigenvalue weighted by Crippen LogP contribution is -2.12. The molecule has 0 saturated heterocycles. The van der Waals surface area contributed by atoms with Crippen molar-refractivity contribution in [2.75, 3.05) is 10.6 Å². The lowest BCUT2D eigenvalue weighted by Gasteiger charge is -2.07. The molecule has 2 aromatic carbocycles. The van der Waals surface area contributed by atoms with Gasteiger partial charge in [-0.05, 0) is 48.5 Å². The van der Waals surface area contributed by atoms with Crippen molar-refractivity contribution >= 4 is 29.2 Å². The van der Waals surface area contributed by atoms with Gasteiger partial charge in [0.05, 0.1) is 5.56 Å². The Labute approximate surface area is 126 Å². The maximum Gasteiger partial charge on any atom is 0.335 e. The molecule has 0 atom stereocenters. The SMILES string of the molecule is CC(=O)Nc1ccc(C(=O)Nc2ccc(C(=O)O)cc2)cc1. The number of carboxylic acids is 1. The smallest absolute Gasteiger partial charge is 0.335 e. The minimum atomic E-state index is -1.02.